The molecule has 120 valence electrons. The van der Waals surface area contributed by atoms with Crippen LogP contribution in [0.4, 0.5) is 13.2 Å². The van der Waals surface area contributed by atoms with Gasteiger partial charge in [-0.15, -0.1) is 0 Å². The van der Waals surface area contributed by atoms with Crippen molar-refractivity contribution in [2.45, 2.75) is 13.1 Å². The number of aryl methyl sites for hydroxylation is 1. The zero-order valence-corrected chi connectivity index (χ0v) is 15.1. The number of halogens is 3. The summed E-state index contributed by atoms with van der Waals surface area (Å²) in [7, 11) is 0. The van der Waals surface area contributed by atoms with Crippen molar-refractivity contribution in [2.24, 2.45) is 0 Å². The maximum atomic E-state index is 11.9. The molecule has 0 atom stereocenters. The minimum absolute atomic E-state index is 0. The zero-order valence-electron chi connectivity index (χ0n) is 12.6. The fourth-order valence-electron chi connectivity index (χ4n) is 1.28. The van der Waals surface area contributed by atoms with Crippen LogP contribution in [0, 0.1) is 21.8 Å². The van der Waals surface area contributed by atoms with Gasteiger partial charge in [-0.1, -0.05) is 30.3 Å². The number of hydrogen-bond acceptors (Lipinski definition) is 2. The quantitative estimate of drug-likeness (QED) is 0.620. The van der Waals surface area contributed by atoms with E-state index in [1.807, 2.05) is 25.1 Å². The van der Waals surface area contributed by atoms with Crippen LogP contribution in [0.3, 0.4) is 0 Å². The summed E-state index contributed by atoms with van der Waals surface area (Å²) < 4.78 is 35.7. The van der Waals surface area contributed by atoms with E-state index < -0.39 is 17.5 Å². The van der Waals surface area contributed by atoms with E-state index in [-0.39, 0.29) is 41.1 Å². The number of para-hydroxylation sites is 2. The normalized spacial score (nSPS) is 9.09. The summed E-state index contributed by atoms with van der Waals surface area (Å²) in [6, 6.07) is 11.6. The number of alkyl halides is 3. The van der Waals surface area contributed by atoms with E-state index in [2.05, 4.69) is 0 Å². The number of phenolic OH excluding ortho intramolecular Hbond substituents is 2. The van der Waals surface area contributed by atoms with Crippen molar-refractivity contribution in [1.29, 1.82) is 0 Å². The molecule has 22 heavy (non-hydrogen) atoms. The van der Waals surface area contributed by atoms with Crippen LogP contribution >= 0.6 is 0 Å². The first kappa shape index (κ1) is 25.7. The molecule has 0 radical (unpaired) electrons. The van der Waals surface area contributed by atoms with Gasteiger partial charge in [0.05, 0.1) is 5.56 Å². The summed E-state index contributed by atoms with van der Waals surface area (Å²) in [6.07, 6.45) is -4.47. The maximum absolute atomic E-state index is 11.9. The molecule has 0 unspecified atom stereocenters. The molecule has 2 aromatic carbocycles. The molecule has 2 aromatic rings. The van der Waals surface area contributed by atoms with E-state index in [1.165, 1.54) is 12.1 Å². The van der Waals surface area contributed by atoms with Gasteiger partial charge >= 0.3 is 32.4 Å². The summed E-state index contributed by atoms with van der Waals surface area (Å²) >= 11 is 0. The second kappa shape index (κ2) is 11.3. The van der Waals surface area contributed by atoms with Crippen molar-refractivity contribution in [3.63, 3.8) is 0 Å². The SMILES string of the molecule is Cc1ccccc1O.Oc1ccccc1C(F)(F)F.[CH3-].[CH3-].[Zr+2]. The van der Waals surface area contributed by atoms with Crippen molar-refractivity contribution in [3.05, 3.63) is 74.5 Å². The fraction of sp³-hybridized carbons (Fsp3) is 0.125. The molecule has 0 aliphatic heterocycles. The molecular weight excluding hydrogens is 372 g/mol. The van der Waals surface area contributed by atoms with Crippen molar-refractivity contribution < 1.29 is 49.6 Å². The molecule has 0 amide bonds. The van der Waals surface area contributed by atoms with Gasteiger partial charge in [0, 0.05) is 0 Å². The van der Waals surface area contributed by atoms with Gasteiger partial charge in [-0.2, -0.15) is 13.2 Å². The van der Waals surface area contributed by atoms with Crippen LogP contribution in [-0.4, -0.2) is 10.2 Å². The number of aromatic hydroxyl groups is 2. The van der Waals surface area contributed by atoms with Gasteiger partial charge in [-0.05, 0) is 30.7 Å². The van der Waals surface area contributed by atoms with Gasteiger partial charge in [0.1, 0.15) is 11.5 Å². The number of rotatable bonds is 0. The molecule has 0 aliphatic rings. The van der Waals surface area contributed by atoms with Crippen LogP contribution in [0.15, 0.2) is 48.5 Å². The van der Waals surface area contributed by atoms with Crippen LogP contribution in [0.5, 0.6) is 11.5 Å². The second-order valence-electron chi connectivity index (χ2n) is 3.80. The van der Waals surface area contributed by atoms with E-state index in [0.717, 1.165) is 17.7 Å². The molecule has 0 heterocycles. The first-order chi connectivity index (χ1) is 8.82. The summed E-state index contributed by atoms with van der Waals surface area (Å²) in [5, 5.41) is 17.6. The van der Waals surface area contributed by atoms with Gasteiger partial charge in [-0.3, -0.25) is 0 Å². The second-order valence-corrected chi connectivity index (χ2v) is 3.80. The molecule has 0 aliphatic carbocycles. The first-order valence-corrected chi connectivity index (χ1v) is 5.42. The predicted molar refractivity (Wildman–Crippen MR) is 78.8 cm³/mol. The van der Waals surface area contributed by atoms with Crippen LogP contribution in [-0.2, 0) is 32.4 Å². The van der Waals surface area contributed by atoms with E-state index in [9.17, 15) is 13.2 Å². The van der Waals surface area contributed by atoms with Gasteiger partial charge in [0.2, 0.25) is 0 Å². The molecule has 0 saturated carbocycles. The third-order valence-electron chi connectivity index (χ3n) is 2.32. The minimum Gasteiger partial charge on any atom is -0.508 e. The summed E-state index contributed by atoms with van der Waals surface area (Å²) in [4.78, 5) is 0. The van der Waals surface area contributed by atoms with Crippen LogP contribution < -0.4 is 0 Å². The van der Waals surface area contributed by atoms with Crippen molar-refractivity contribution in [1.82, 2.24) is 0 Å². The zero-order chi connectivity index (χ0) is 14.5. The topological polar surface area (TPSA) is 40.5 Å². The maximum Gasteiger partial charge on any atom is 2.00 e. The fourth-order valence-corrected chi connectivity index (χ4v) is 1.28. The van der Waals surface area contributed by atoms with Crippen molar-refractivity contribution in [3.8, 4) is 11.5 Å². The van der Waals surface area contributed by atoms with Gasteiger partial charge < -0.3 is 25.1 Å². The Labute approximate surface area is 148 Å². The molecule has 0 saturated heterocycles. The Hall–Kier alpha value is -1.29. The molecule has 0 aromatic heterocycles. The van der Waals surface area contributed by atoms with Gasteiger partial charge in [0.15, 0.2) is 0 Å². The molecule has 6 heteroatoms. The van der Waals surface area contributed by atoms with Gasteiger partial charge in [0.25, 0.3) is 0 Å². The van der Waals surface area contributed by atoms with E-state index >= 15 is 0 Å². The Morgan fingerprint density at radius 1 is 0.773 bits per heavy atom. The molecule has 2 rings (SSSR count). The Balaban J connectivity index is -0.000000299. The summed E-state index contributed by atoms with van der Waals surface area (Å²) in [5.74, 6) is -0.368. The predicted octanol–water partition coefficient (Wildman–Crippen LogP) is 5.01. The first-order valence-electron chi connectivity index (χ1n) is 5.42. The van der Waals surface area contributed by atoms with E-state index in [0.29, 0.717) is 5.75 Å². The molecular formula is C16H19F3O2Zr. The van der Waals surface area contributed by atoms with Crippen LogP contribution in [0.1, 0.15) is 11.1 Å². The largest absolute Gasteiger partial charge is 2.00 e. The molecule has 2 N–H and O–H groups in total. The molecule has 0 fully saturated rings. The third kappa shape index (κ3) is 8.23. The number of phenols is 2. The molecule has 0 bridgehead atoms. The average molecular weight is 392 g/mol. The van der Waals surface area contributed by atoms with Gasteiger partial charge in [-0.25, -0.2) is 0 Å². The third-order valence-corrected chi connectivity index (χ3v) is 2.32. The summed E-state index contributed by atoms with van der Waals surface area (Å²) in [5.41, 5.74) is -0.0764. The van der Waals surface area contributed by atoms with Crippen molar-refractivity contribution >= 4 is 0 Å². The van der Waals surface area contributed by atoms with Crippen LogP contribution in [0.2, 0.25) is 0 Å². The number of benzene rings is 2. The molecule has 0 spiro atoms. The smallest absolute Gasteiger partial charge is 0.508 e. The monoisotopic (exact) mass is 390 g/mol. The Bertz CT molecular complexity index is 522. The standard InChI is InChI=1S/C7H5F3O.C7H8O.2CH3.Zr/c8-7(9,10)5-3-1-2-4-6(5)11;1-6-4-2-3-5-7(6)8;;;/h1-4,11H;2-5,8H,1H3;2*1H3;/q;;2*-1;+2. The summed E-state index contributed by atoms with van der Waals surface area (Å²) in [6.45, 7) is 1.87. The van der Waals surface area contributed by atoms with Crippen LogP contribution in [0.25, 0.3) is 0 Å². The Kier molecular flexibility index (Phi) is 13.2. The Morgan fingerprint density at radius 3 is 1.45 bits per heavy atom. The van der Waals surface area contributed by atoms with E-state index in [4.69, 9.17) is 10.2 Å². The van der Waals surface area contributed by atoms with Crippen molar-refractivity contribution in [2.75, 3.05) is 0 Å². The molecule has 2 nitrogen and oxygen atoms in total. The number of hydrogen-bond donors (Lipinski definition) is 2. The Morgan fingerprint density at radius 2 is 1.18 bits per heavy atom. The average Bonchev–Trinajstić information content (AvgIpc) is 2.33. The van der Waals surface area contributed by atoms with E-state index in [1.54, 1.807) is 6.07 Å². The minimum atomic E-state index is -4.47.